The quantitative estimate of drug-likeness (QED) is 0.742. The van der Waals surface area contributed by atoms with Crippen molar-refractivity contribution in [2.75, 3.05) is 32.8 Å². The van der Waals surface area contributed by atoms with E-state index in [0.29, 0.717) is 29.6 Å². The number of hydrogen-bond acceptors (Lipinski definition) is 6. The van der Waals surface area contributed by atoms with E-state index in [1.165, 1.54) is 4.31 Å². The highest BCUT2D eigenvalue weighted by molar-refractivity contribution is 7.89. The third kappa shape index (κ3) is 4.26. The lowest BCUT2D eigenvalue weighted by molar-refractivity contribution is -0.134. The van der Waals surface area contributed by atoms with Crippen LogP contribution in [-0.4, -0.2) is 61.5 Å². The van der Waals surface area contributed by atoms with Crippen LogP contribution in [0.2, 0.25) is 5.02 Å². The first-order chi connectivity index (χ1) is 12.8. The number of benzene rings is 1. The van der Waals surface area contributed by atoms with E-state index in [-0.39, 0.29) is 36.3 Å². The fourth-order valence-corrected chi connectivity index (χ4v) is 4.84. The number of nitrogens with zero attached hydrogens (tertiary/aromatic N) is 3. The van der Waals surface area contributed by atoms with Crippen LogP contribution in [0.15, 0.2) is 33.7 Å². The minimum Gasteiger partial charge on any atom is -0.484 e. The van der Waals surface area contributed by atoms with Gasteiger partial charge in [0, 0.05) is 31.2 Å². The average Bonchev–Trinajstić information content (AvgIpc) is 2.99. The molecule has 1 aromatic heterocycles. The van der Waals surface area contributed by atoms with Crippen LogP contribution in [0, 0.1) is 13.8 Å². The number of aryl methyl sites for hydroxylation is 2. The second kappa shape index (κ2) is 7.87. The topological polar surface area (TPSA) is 93.0 Å². The Morgan fingerprint density at radius 1 is 1.26 bits per heavy atom. The number of sulfonamides is 1. The summed E-state index contributed by atoms with van der Waals surface area (Å²) in [5.74, 6) is 0.570. The van der Waals surface area contributed by atoms with Crippen LogP contribution in [0.1, 0.15) is 11.5 Å². The molecule has 2 heterocycles. The van der Waals surface area contributed by atoms with E-state index in [4.69, 9.17) is 20.9 Å². The second-order valence-electron chi connectivity index (χ2n) is 6.18. The number of amides is 1. The molecule has 146 valence electrons. The summed E-state index contributed by atoms with van der Waals surface area (Å²) in [6, 6.07) is 6.80. The molecule has 0 aliphatic carbocycles. The van der Waals surface area contributed by atoms with E-state index in [9.17, 15) is 13.2 Å². The van der Waals surface area contributed by atoms with Crippen molar-refractivity contribution >= 4 is 27.5 Å². The molecular weight excluding hydrogens is 394 g/mol. The predicted octanol–water partition coefficient (Wildman–Crippen LogP) is 1.86. The molecule has 0 unspecified atom stereocenters. The van der Waals surface area contributed by atoms with E-state index < -0.39 is 10.0 Å². The van der Waals surface area contributed by atoms with E-state index in [2.05, 4.69) is 5.16 Å². The van der Waals surface area contributed by atoms with Crippen LogP contribution in [-0.2, 0) is 14.8 Å². The van der Waals surface area contributed by atoms with Crippen molar-refractivity contribution in [3.8, 4) is 5.75 Å². The molecule has 1 fully saturated rings. The third-order valence-electron chi connectivity index (χ3n) is 4.32. The molecular formula is C17H20ClN3O5S. The highest BCUT2D eigenvalue weighted by Gasteiger charge is 2.34. The molecule has 0 spiro atoms. The van der Waals surface area contributed by atoms with Crippen molar-refractivity contribution in [2.24, 2.45) is 0 Å². The third-order valence-corrected chi connectivity index (χ3v) is 6.69. The van der Waals surface area contributed by atoms with E-state index in [1.807, 2.05) is 0 Å². The van der Waals surface area contributed by atoms with Gasteiger partial charge in [-0.1, -0.05) is 22.8 Å². The Kier molecular flexibility index (Phi) is 5.73. The zero-order valence-electron chi connectivity index (χ0n) is 15.0. The lowest BCUT2D eigenvalue weighted by atomic mass is 10.3. The van der Waals surface area contributed by atoms with Gasteiger partial charge in [-0.25, -0.2) is 8.42 Å². The van der Waals surface area contributed by atoms with Crippen LogP contribution >= 0.6 is 11.6 Å². The van der Waals surface area contributed by atoms with Gasteiger partial charge in [0.05, 0.1) is 0 Å². The maximum absolute atomic E-state index is 12.8. The normalized spacial score (nSPS) is 15.7. The summed E-state index contributed by atoms with van der Waals surface area (Å²) < 4.78 is 37.4. The molecule has 0 radical (unpaired) electrons. The molecule has 1 saturated heterocycles. The van der Waals surface area contributed by atoms with Gasteiger partial charge in [-0.2, -0.15) is 4.31 Å². The van der Waals surface area contributed by atoms with Crippen molar-refractivity contribution in [3.05, 3.63) is 40.7 Å². The summed E-state index contributed by atoms with van der Waals surface area (Å²) >= 11 is 5.88. The fourth-order valence-electron chi connectivity index (χ4n) is 2.94. The molecule has 1 aliphatic rings. The Morgan fingerprint density at radius 2 is 1.96 bits per heavy atom. The van der Waals surface area contributed by atoms with Crippen LogP contribution in [0.5, 0.6) is 5.75 Å². The van der Waals surface area contributed by atoms with Crippen LogP contribution in [0.25, 0.3) is 0 Å². The highest BCUT2D eigenvalue weighted by Crippen LogP contribution is 2.24. The lowest BCUT2D eigenvalue weighted by Gasteiger charge is -2.33. The molecule has 3 rings (SSSR count). The van der Waals surface area contributed by atoms with Crippen molar-refractivity contribution in [1.29, 1.82) is 0 Å². The van der Waals surface area contributed by atoms with Crippen molar-refractivity contribution < 1.29 is 22.5 Å². The minimum absolute atomic E-state index is 0.103. The monoisotopic (exact) mass is 413 g/mol. The molecule has 1 aromatic carbocycles. The molecule has 27 heavy (non-hydrogen) atoms. The number of carbonyl (C=O) groups is 1. The highest BCUT2D eigenvalue weighted by atomic mass is 35.5. The van der Waals surface area contributed by atoms with Crippen molar-refractivity contribution in [1.82, 2.24) is 14.4 Å². The van der Waals surface area contributed by atoms with Gasteiger partial charge < -0.3 is 14.2 Å². The van der Waals surface area contributed by atoms with Gasteiger partial charge >= 0.3 is 0 Å². The number of aromatic nitrogens is 1. The number of piperazine rings is 1. The standard InChI is InChI=1S/C17H20ClN3O5S/c1-12-17(13(2)26-19-12)27(23,24)21-8-6-20(7-9-21)16(22)11-25-15-5-3-4-14(18)10-15/h3-5,10H,6-9,11H2,1-2H3. The minimum atomic E-state index is -3.70. The first kappa shape index (κ1) is 19.7. The van der Waals surface area contributed by atoms with Gasteiger partial charge in [-0.3, -0.25) is 4.79 Å². The predicted molar refractivity (Wildman–Crippen MR) is 98.3 cm³/mol. The Balaban J connectivity index is 1.57. The molecule has 1 amide bonds. The van der Waals surface area contributed by atoms with Crippen LogP contribution in [0.4, 0.5) is 0 Å². The summed E-state index contributed by atoms with van der Waals surface area (Å²) in [5.41, 5.74) is 0.334. The summed E-state index contributed by atoms with van der Waals surface area (Å²) in [4.78, 5) is 14.0. The summed E-state index contributed by atoms with van der Waals surface area (Å²) in [5, 5.41) is 4.23. The molecule has 8 nitrogen and oxygen atoms in total. The number of carbonyl (C=O) groups excluding carboxylic acids is 1. The Bertz CT molecular complexity index is 916. The Hall–Kier alpha value is -2.10. The average molecular weight is 414 g/mol. The first-order valence-corrected chi connectivity index (χ1v) is 10.2. The van der Waals surface area contributed by atoms with Gasteiger partial charge in [-0.05, 0) is 32.0 Å². The van der Waals surface area contributed by atoms with Gasteiger partial charge in [0.2, 0.25) is 10.0 Å². The SMILES string of the molecule is Cc1noc(C)c1S(=O)(=O)N1CCN(C(=O)COc2cccc(Cl)c2)CC1. The summed E-state index contributed by atoms with van der Waals surface area (Å²) in [7, 11) is -3.70. The largest absolute Gasteiger partial charge is 0.484 e. The number of hydrogen-bond donors (Lipinski definition) is 0. The molecule has 0 bridgehead atoms. The first-order valence-electron chi connectivity index (χ1n) is 8.38. The smallest absolute Gasteiger partial charge is 0.260 e. The maximum Gasteiger partial charge on any atom is 0.260 e. The van der Waals surface area contributed by atoms with E-state index >= 15 is 0 Å². The lowest BCUT2D eigenvalue weighted by Crippen LogP contribution is -2.51. The fraction of sp³-hybridized carbons (Fsp3) is 0.412. The second-order valence-corrected chi connectivity index (χ2v) is 8.50. The van der Waals surface area contributed by atoms with Crippen LogP contribution in [0.3, 0.4) is 0 Å². The van der Waals surface area contributed by atoms with Crippen LogP contribution < -0.4 is 4.74 Å². The van der Waals surface area contributed by atoms with Crippen molar-refractivity contribution in [3.63, 3.8) is 0 Å². The number of halogens is 1. The summed E-state index contributed by atoms with van der Waals surface area (Å²) in [6.07, 6.45) is 0. The van der Waals surface area contributed by atoms with E-state index in [0.717, 1.165) is 0 Å². The molecule has 1 aliphatic heterocycles. The Morgan fingerprint density at radius 3 is 2.56 bits per heavy atom. The number of rotatable bonds is 5. The number of ether oxygens (including phenoxy) is 1. The zero-order chi connectivity index (χ0) is 19.6. The van der Waals surface area contributed by atoms with Gasteiger partial charge in [0.15, 0.2) is 12.4 Å². The molecule has 2 aromatic rings. The summed E-state index contributed by atoms with van der Waals surface area (Å²) in [6.45, 7) is 4.03. The van der Waals surface area contributed by atoms with Gasteiger partial charge in [0.25, 0.3) is 5.91 Å². The zero-order valence-corrected chi connectivity index (χ0v) is 16.6. The van der Waals surface area contributed by atoms with E-state index in [1.54, 1.807) is 43.0 Å². The van der Waals surface area contributed by atoms with Crippen molar-refractivity contribution in [2.45, 2.75) is 18.7 Å². The van der Waals surface area contributed by atoms with Gasteiger partial charge in [0.1, 0.15) is 16.3 Å². The molecule has 0 saturated carbocycles. The van der Waals surface area contributed by atoms with Gasteiger partial charge in [-0.15, -0.1) is 0 Å². The maximum atomic E-state index is 12.8. The Labute approximate surface area is 162 Å². The molecule has 10 heteroatoms. The molecule has 0 N–H and O–H groups in total. The molecule has 0 atom stereocenters.